The van der Waals surface area contributed by atoms with Crippen LogP contribution in [0.4, 0.5) is 13.2 Å². The molecule has 20 heavy (non-hydrogen) atoms. The smallest absolute Gasteiger partial charge is 0.392 e. The fraction of sp³-hybridized carbons (Fsp3) is 0.571. The highest BCUT2D eigenvalue weighted by Crippen LogP contribution is 2.25. The molecule has 0 aromatic heterocycles. The van der Waals surface area contributed by atoms with Crippen LogP contribution in [0.15, 0.2) is 22.7 Å². The Labute approximate surface area is 125 Å². The van der Waals surface area contributed by atoms with E-state index < -0.39 is 12.6 Å². The summed E-state index contributed by atoms with van der Waals surface area (Å²) < 4.78 is 42.5. The van der Waals surface area contributed by atoms with Crippen molar-refractivity contribution in [1.82, 2.24) is 5.32 Å². The number of nitrogens with one attached hydrogen (secondary N) is 1. The standard InChI is InChI=1S/C14H19BrF3NO/c1-13(2,3)19-9-10-8-11(15)4-5-12(10)20-7-6-14(16,17)18/h4-5,8,19H,6-7,9H2,1-3H3. The molecule has 0 aliphatic carbocycles. The first-order chi connectivity index (χ1) is 9.07. The normalized spacial score (nSPS) is 12.6. The quantitative estimate of drug-likeness (QED) is 0.830. The van der Waals surface area contributed by atoms with Crippen LogP contribution < -0.4 is 10.1 Å². The van der Waals surface area contributed by atoms with E-state index in [4.69, 9.17) is 4.74 Å². The first-order valence-electron chi connectivity index (χ1n) is 6.30. The second-order valence-electron chi connectivity index (χ2n) is 5.57. The fourth-order valence-electron chi connectivity index (χ4n) is 1.46. The van der Waals surface area contributed by atoms with Crippen molar-refractivity contribution in [2.45, 2.75) is 45.5 Å². The topological polar surface area (TPSA) is 21.3 Å². The average Bonchev–Trinajstić information content (AvgIpc) is 2.26. The molecule has 0 atom stereocenters. The summed E-state index contributed by atoms with van der Waals surface area (Å²) in [6, 6.07) is 5.28. The van der Waals surface area contributed by atoms with Gasteiger partial charge in [-0.3, -0.25) is 0 Å². The van der Waals surface area contributed by atoms with Crippen molar-refractivity contribution >= 4 is 15.9 Å². The Morgan fingerprint density at radius 3 is 2.40 bits per heavy atom. The zero-order valence-corrected chi connectivity index (χ0v) is 13.4. The third kappa shape index (κ3) is 7.14. The number of alkyl halides is 3. The molecule has 0 radical (unpaired) electrons. The molecule has 6 heteroatoms. The van der Waals surface area contributed by atoms with E-state index in [1.54, 1.807) is 12.1 Å². The van der Waals surface area contributed by atoms with Gasteiger partial charge in [0.25, 0.3) is 0 Å². The van der Waals surface area contributed by atoms with Crippen molar-refractivity contribution in [3.8, 4) is 5.75 Å². The summed E-state index contributed by atoms with van der Waals surface area (Å²) >= 11 is 3.35. The summed E-state index contributed by atoms with van der Waals surface area (Å²) in [5.41, 5.74) is 0.752. The predicted octanol–water partition coefficient (Wildman–Crippen LogP) is 4.67. The molecule has 0 spiro atoms. The summed E-state index contributed by atoms with van der Waals surface area (Å²) in [5.74, 6) is 0.481. The Morgan fingerprint density at radius 2 is 1.85 bits per heavy atom. The number of hydrogen-bond donors (Lipinski definition) is 1. The molecule has 0 bridgehead atoms. The molecule has 114 valence electrons. The van der Waals surface area contributed by atoms with Gasteiger partial charge < -0.3 is 10.1 Å². The average molecular weight is 354 g/mol. The van der Waals surface area contributed by atoms with Gasteiger partial charge in [-0.1, -0.05) is 15.9 Å². The second-order valence-corrected chi connectivity index (χ2v) is 6.48. The van der Waals surface area contributed by atoms with Crippen molar-refractivity contribution in [2.75, 3.05) is 6.61 Å². The minimum atomic E-state index is -4.20. The summed E-state index contributed by atoms with van der Waals surface area (Å²) in [6.45, 7) is 6.23. The Morgan fingerprint density at radius 1 is 1.20 bits per heavy atom. The molecule has 1 N–H and O–H groups in total. The molecular weight excluding hydrogens is 335 g/mol. The van der Waals surface area contributed by atoms with Gasteiger partial charge in [-0.25, -0.2) is 0 Å². The first kappa shape index (κ1) is 17.3. The maximum Gasteiger partial charge on any atom is 0.392 e. The van der Waals surface area contributed by atoms with E-state index >= 15 is 0 Å². The van der Waals surface area contributed by atoms with E-state index in [0.717, 1.165) is 10.0 Å². The first-order valence-corrected chi connectivity index (χ1v) is 7.09. The molecule has 1 aromatic carbocycles. The molecule has 0 saturated heterocycles. The molecule has 1 rings (SSSR count). The second kappa shape index (κ2) is 6.80. The van der Waals surface area contributed by atoms with Crippen molar-refractivity contribution < 1.29 is 17.9 Å². The van der Waals surface area contributed by atoms with Crippen LogP contribution in [0.2, 0.25) is 0 Å². The van der Waals surface area contributed by atoms with Gasteiger partial charge in [0, 0.05) is 22.1 Å². The Balaban J connectivity index is 2.70. The lowest BCUT2D eigenvalue weighted by atomic mass is 10.1. The highest BCUT2D eigenvalue weighted by molar-refractivity contribution is 9.10. The van der Waals surface area contributed by atoms with E-state index in [-0.39, 0.29) is 12.1 Å². The molecule has 0 unspecified atom stereocenters. The third-order valence-corrected chi connectivity index (χ3v) is 2.97. The summed E-state index contributed by atoms with van der Waals surface area (Å²) in [4.78, 5) is 0. The number of hydrogen-bond acceptors (Lipinski definition) is 2. The molecule has 0 heterocycles. The Kier molecular flexibility index (Phi) is 5.89. The predicted molar refractivity (Wildman–Crippen MR) is 76.9 cm³/mol. The van der Waals surface area contributed by atoms with Gasteiger partial charge in [0.2, 0.25) is 0 Å². The third-order valence-electron chi connectivity index (χ3n) is 2.47. The largest absolute Gasteiger partial charge is 0.493 e. The van der Waals surface area contributed by atoms with E-state index in [1.807, 2.05) is 26.8 Å². The van der Waals surface area contributed by atoms with Crippen LogP contribution in [0.5, 0.6) is 5.75 Å². The van der Waals surface area contributed by atoms with E-state index in [1.165, 1.54) is 0 Å². The maximum atomic E-state index is 12.1. The van der Waals surface area contributed by atoms with Gasteiger partial charge in [0.1, 0.15) is 5.75 Å². The maximum absolute atomic E-state index is 12.1. The van der Waals surface area contributed by atoms with Crippen molar-refractivity contribution in [1.29, 1.82) is 0 Å². The molecule has 1 aromatic rings. The lowest BCUT2D eigenvalue weighted by Gasteiger charge is -2.22. The molecular formula is C14H19BrF3NO. The minimum absolute atomic E-state index is 0.0778. The molecule has 0 saturated carbocycles. The van der Waals surface area contributed by atoms with E-state index in [0.29, 0.717) is 12.3 Å². The molecule has 0 aliphatic heterocycles. The lowest BCUT2D eigenvalue weighted by molar-refractivity contribution is -0.139. The number of halogens is 4. The fourth-order valence-corrected chi connectivity index (χ4v) is 1.87. The molecule has 2 nitrogen and oxygen atoms in total. The summed E-state index contributed by atoms with van der Waals surface area (Å²) in [6.07, 6.45) is -5.14. The van der Waals surface area contributed by atoms with Crippen LogP contribution in [-0.4, -0.2) is 18.3 Å². The monoisotopic (exact) mass is 353 g/mol. The van der Waals surface area contributed by atoms with Crippen molar-refractivity contribution in [3.05, 3.63) is 28.2 Å². The SMILES string of the molecule is CC(C)(C)NCc1cc(Br)ccc1OCCC(F)(F)F. The van der Waals surface area contributed by atoms with E-state index in [2.05, 4.69) is 21.2 Å². The molecule has 0 aliphatic rings. The number of benzene rings is 1. The van der Waals surface area contributed by atoms with Crippen LogP contribution >= 0.6 is 15.9 Å². The summed E-state index contributed by atoms with van der Waals surface area (Å²) in [5, 5.41) is 3.29. The minimum Gasteiger partial charge on any atom is -0.493 e. The van der Waals surface area contributed by atoms with Crippen LogP contribution in [0.3, 0.4) is 0 Å². The Bertz CT molecular complexity index is 441. The van der Waals surface area contributed by atoms with Crippen LogP contribution in [-0.2, 0) is 6.54 Å². The highest BCUT2D eigenvalue weighted by Gasteiger charge is 2.27. The van der Waals surface area contributed by atoms with Crippen LogP contribution in [0.1, 0.15) is 32.8 Å². The van der Waals surface area contributed by atoms with Crippen LogP contribution in [0, 0.1) is 0 Å². The number of rotatable bonds is 5. The zero-order valence-electron chi connectivity index (χ0n) is 11.8. The van der Waals surface area contributed by atoms with Gasteiger partial charge in [-0.2, -0.15) is 13.2 Å². The van der Waals surface area contributed by atoms with Crippen LogP contribution in [0.25, 0.3) is 0 Å². The van der Waals surface area contributed by atoms with E-state index in [9.17, 15) is 13.2 Å². The van der Waals surface area contributed by atoms with Gasteiger partial charge >= 0.3 is 6.18 Å². The number of ether oxygens (including phenoxy) is 1. The van der Waals surface area contributed by atoms with Gasteiger partial charge in [-0.15, -0.1) is 0 Å². The molecule has 0 fully saturated rings. The zero-order chi connectivity index (χ0) is 15.4. The Hall–Kier alpha value is -0.750. The highest BCUT2D eigenvalue weighted by atomic mass is 79.9. The lowest BCUT2D eigenvalue weighted by Crippen LogP contribution is -2.35. The van der Waals surface area contributed by atoms with Crippen molar-refractivity contribution in [2.24, 2.45) is 0 Å². The van der Waals surface area contributed by atoms with Gasteiger partial charge in [0.05, 0.1) is 13.0 Å². The van der Waals surface area contributed by atoms with Gasteiger partial charge in [-0.05, 0) is 39.0 Å². The molecule has 0 amide bonds. The summed E-state index contributed by atoms with van der Waals surface area (Å²) in [7, 11) is 0. The van der Waals surface area contributed by atoms with Gasteiger partial charge in [0.15, 0.2) is 0 Å². The van der Waals surface area contributed by atoms with Crippen molar-refractivity contribution in [3.63, 3.8) is 0 Å².